The van der Waals surface area contributed by atoms with E-state index in [1.807, 2.05) is 54.7 Å². The molecule has 0 aliphatic carbocycles. The standard InChI is InChI=1S/C20H21NO2/c1-14(2)11-21-12-19(16-6-4-3-5-7-16)18-10-15(13-22)8-9-17(18)20(21)23/h3-10,12,14,22H,11,13H2,1-2H3. The van der Waals surface area contributed by atoms with Gasteiger partial charge in [-0.3, -0.25) is 4.79 Å². The third-order valence-electron chi connectivity index (χ3n) is 3.98. The van der Waals surface area contributed by atoms with Crippen molar-refractivity contribution in [1.82, 2.24) is 4.57 Å². The van der Waals surface area contributed by atoms with E-state index in [1.54, 1.807) is 4.57 Å². The van der Waals surface area contributed by atoms with Gasteiger partial charge in [0.25, 0.3) is 5.56 Å². The Balaban J connectivity index is 2.34. The van der Waals surface area contributed by atoms with Crippen molar-refractivity contribution in [3.63, 3.8) is 0 Å². The highest BCUT2D eigenvalue weighted by Crippen LogP contribution is 2.27. The summed E-state index contributed by atoms with van der Waals surface area (Å²) in [5, 5.41) is 11.0. The van der Waals surface area contributed by atoms with Gasteiger partial charge in [-0.2, -0.15) is 0 Å². The van der Waals surface area contributed by atoms with Crippen LogP contribution in [0.2, 0.25) is 0 Å². The van der Waals surface area contributed by atoms with Gasteiger partial charge in [-0.25, -0.2) is 0 Å². The number of nitrogens with zero attached hydrogens (tertiary/aromatic N) is 1. The molecule has 0 saturated carbocycles. The van der Waals surface area contributed by atoms with E-state index in [1.165, 1.54) is 0 Å². The summed E-state index contributed by atoms with van der Waals surface area (Å²) < 4.78 is 1.80. The van der Waals surface area contributed by atoms with Crippen LogP contribution in [0.1, 0.15) is 19.4 Å². The predicted molar refractivity (Wildman–Crippen MR) is 94.4 cm³/mol. The average Bonchev–Trinajstić information content (AvgIpc) is 2.57. The number of hydrogen-bond acceptors (Lipinski definition) is 2. The van der Waals surface area contributed by atoms with Crippen LogP contribution in [0.4, 0.5) is 0 Å². The zero-order valence-electron chi connectivity index (χ0n) is 13.5. The normalized spacial score (nSPS) is 11.3. The molecule has 2 aromatic carbocycles. The van der Waals surface area contributed by atoms with Gasteiger partial charge < -0.3 is 9.67 Å². The van der Waals surface area contributed by atoms with Gasteiger partial charge in [0.05, 0.1) is 6.61 Å². The average molecular weight is 307 g/mol. The van der Waals surface area contributed by atoms with E-state index in [0.717, 1.165) is 22.1 Å². The highest BCUT2D eigenvalue weighted by atomic mass is 16.3. The van der Waals surface area contributed by atoms with E-state index in [4.69, 9.17) is 0 Å². The van der Waals surface area contributed by atoms with Crippen LogP contribution in [-0.2, 0) is 13.2 Å². The van der Waals surface area contributed by atoms with E-state index >= 15 is 0 Å². The number of aromatic nitrogens is 1. The lowest BCUT2D eigenvalue weighted by Gasteiger charge is -2.15. The largest absolute Gasteiger partial charge is 0.392 e. The highest BCUT2D eigenvalue weighted by Gasteiger charge is 2.12. The Hall–Kier alpha value is -2.39. The number of aliphatic hydroxyl groups is 1. The first-order chi connectivity index (χ1) is 11.1. The zero-order valence-corrected chi connectivity index (χ0v) is 13.5. The second kappa shape index (κ2) is 6.39. The van der Waals surface area contributed by atoms with Gasteiger partial charge in [0, 0.05) is 23.7 Å². The van der Waals surface area contributed by atoms with E-state index in [0.29, 0.717) is 17.8 Å². The fourth-order valence-corrected chi connectivity index (χ4v) is 2.91. The fraction of sp³-hybridized carbons (Fsp3) is 0.250. The molecule has 3 nitrogen and oxygen atoms in total. The van der Waals surface area contributed by atoms with Crippen LogP contribution in [0.15, 0.2) is 59.5 Å². The molecule has 0 amide bonds. The number of hydrogen-bond donors (Lipinski definition) is 1. The molecule has 0 aliphatic heterocycles. The van der Waals surface area contributed by atoms with Crippen LogP contribution >= 0.6 is 0 Å². The molecule has 0 atom stereocenters. The van der Waals surface area contributed by atoms with Crippen LogP contribution in [0.25, 0.3) is 21.9 Å². The van der Waals surface area contributed by atoms with Crippen LogP contribution in [0.5, 0.6) is 0 Å². The Bertz CT molecular complexity index is 879. The summed E-state index contributed by atoms with van der Waals surface area (Å²) in [7, 11) is 0. The maximum Gasteiger partial charge on any atom is 0.258 e. The second-order valence-corrected chi connectivity index (χ2v) is 6.30. The second-order valence-electron chi connectivity index (χ2n) is 6.30. The summed E-state index contributed by atoms with van der Waals surface area (Å²) in [4.78, 5) is 12.7. The summed E-state index contributed by atoms with van der Waals surface area (Å²) in [6.45, 7) is 4.87. The van der Waals surface area contributed by atoms with Gasteiger partial charge in [0.2, 0.25) is 0 Å². The van der Waals surface area contributed by atoms with Gasteiger partial charge in [-0.1, -0.05) is 50.2 Å². The Morgan fingerprint density at radius 1 is 1.04 bits per heavy atom. The first-order valence-corrected chi connectivity index (χ1v) is 7.92. The molecule has 1 aromatic heterocycles. The Morgan fingerprint density at radius 3 is 2.43 bits per heavy atom. The van der Waals surface area contributed by atoms with E-state index in [2.05, 4.69) is 13.8 Å². The molecule has 118 valence electrons. The molecular formula is C20H21NO2. The van der Waals surface area contributed by atoms with Gasteiger partial charge in [0.15, 0.2) is 0 Å². The lowest BCUT2D eigenvalue weighted by atomic mass is 9.98. The molecule has 1 N–H and O–H groups in total. The molecule has 23 heavy (non-hydrogen) atoms. The lowest BCUT2D eigenvalue weighted by molar-refractivity contribution is 0.282. The lowest BCUT2D eigenvalue weighted by Crippen LogP contribution is -2.22. The SMILES string of the molecule is CC(C)Cn1cc(-c2ccccc2)c2cc(CO)ccc2c1=O. The Labute approximate surface area is 135 Å². The quantitative estimate of drug-likeness (QED) is 0.796. The molecule has 0 spiro atoms. The molecule has 0 fully saturated rings. The highest BCUT2D eigenvalue weighted by molar-refractivity contribution is 5.96. The van der Waals surface area contributed by atoms with Crippen molar-refractivity contribution in [1.29, 1.82) is 0 Å². The van der Waals surface area contributed by atoms with Crippen molar-refractivity contribution >= 4 is 10.8 Å². The van der Waals surface area contributed by atoms with E-state index in [9.17, 15) is 9.90 Å². The van der Waals surface area contributed by atoms with Crippen molar-refractivity contribution < 1.29 is 5.11 Å². The van der Waals surface area contributed by atoms with E-state index in [-0.39, 0.29) is 12.2 Å². The summed E-state index contributed by atoms with van der Waals surface area (Å²) in [6, 6.07) is 15.6. The summed E-state index contributed by atoms with van der Waals surface area (Å²) in [5.74, 6) is 0.394. The topological polar surface area (TPSA) is 42.2 Å². The molecule has 1 heterocycles. The minimum Gasteiger partial charge on any atom is -0.392 e. The zero-order chi connectivity index (χ0) is 16.4. The van der Waals surface area contributed by atoms with Crippen LogP contribution in [0, 0.1) is 5.92 Å². The molecule has 0 radical (unpaired) electrons. The Kier molecular flexibility index (Phi) is 4.30. The smallest absolute Gasteiger partial charge is 0.258 e. The molecule has 0 bridgehead atoms. The van der Waals surface area contributed by atoms with Crippen molar-refractivity contribution in [2.45, 2.75) is 27.0 Å². The summed E-state index contributed by atoms with van der Waals surface area (Å²) >= 11 is 0. The van der Waals surface area contributed by atoms with Crippen LogP contribution in [-0.4, -0.2) is 9.67 Å². The Morgan fingerprint density at radius 2 is 1.78 bits per heavy atom. The number of fused-ring (bicyclic) bond motifs is 1. The van der Waals surface area contributed by atoms with Crippen molar-refractivity contribution in [2.24, 2.45) is 5.92 Å². The van der Waals surface area contributed by atoms with Gasteiger partial charge >= 0.3 is 0 Å². The first-order valence-electron chi connectivity index (χ1n) is 7.92. The van der Waals surface area contributed by atoms with Crippen molar-refractivity contribution in [3.05, 3.63) is 70.6 Å². The van der Waals surface area contributed by atoms with E-state index < -0.39 is 0 Å². The molecule has 3 heteroatoms. The van der Waals surface area contributed by atoms with Crippen molar-refractivity contribution in [3.8, 4) is 11.1 Å². The number of rotatable bonds is 4. The van der Waals surface area contributed by atoms with Gasteiger partial charge in [-0.05, 0) is 34.6 Å². The molecule has 3 aromatic rings. The van der Waals surface area contributed by atoms with Gasteiger partial charge in [-0.15, -0.1) is 0 Å². The van der Waals surface area contributed by atoms with Crippen LogP contribution in [0.3, 0.4) is 0 Å². The van der Waals surface area contributed by atoms with Crippen molar-refractivity contribution in [2.75, 3.05) is 0 Å². The number of aliphatic hydroxyl groups excluding tert-OH is 1. The first kappa shape index (κ1) is 15.5. The van der Waals surface area contributed by atoms with Crippen LogP contribution < -0.4 is 5.56 Å². The third-order valence-corrected chi connectivity index (χ3v) is 3.98. The molecule has 0 saturated heterocycles. The fourth-order valence-electron chi connectivity index (χ4n) is 2.91. The molecule has 3 rings (SSSR count). The number of benzene rings is 2. The molecule has 0 unspecified atom stereocenters. The monoisotopic (exact) mass is 307 g/mol. The molecular weight excluding hydrogens is 286 g/mol. The predicted octanol–water partition coefficient (Wildman–Crippen LogP) is 3.82. The minimum absolute atomic E-state index is 0.0258. The third kappa shape index (κ3) is 3.06. The maximum atomic E-state index is 12.7. The summed E-state index contributed by atoms with van der Waals surface area (Å²) in [5.41, 5.74) is 2.94. The minimum atomic E-state index is -0.0285. The number of pyridine rings is 1. The summed E-state index contributed by atoms with van der Waals surface area (Å²) in [6.07, 6.45) is 1.95. The molecule has 0 aliphatic rings. The van der Waals surface area contributed by atoms with Gasteiger partial charge in [0.1, 0.15) is 0 Å². The maximum absolute atomic E-state index is 12.7.